The average molecular weight is 631 g/mol. The molecule has 4 atom stereocenters. The summed E-state index contributed by atoms with van der Waals surface area (Å²) in [6.45, 7) is 2.89. The first-order chi connectivity index (χ1) is 21.8. The van der Waals surface area contributed by atoms with Crippen LogP contribution in [0.4, 0.5) is 14.6 Å². The Kier molecular flexibility index (Phi) is 9.86. The number of anilines is 1. The molecule has 3 saturated heterocycles. The summed E-state index contributed by atoms with van der Waals surface area (Å²) in [5.41, 5.74) is 5.63. The van der Waals surface area contributed by atoms with Crippen LogP contribution in [0.15, 0.2) is 12.4 Å². The molecule has 0 aromatic carbocycles. The first-order valence-electron chi connectivity index (χ1n) is 16.8. The number of aromatic nitrogens is 3. The number of piperidine rings is 2. The number of nitrogens with zero attached hydrogens (tertiary/aromatic N) is 5. The molecule has 2 amide bonds. The smallest absolute Gasteiger partial charge is 0.259 e. The monoisotopic (exact) mass is 630 g/mol. The van der Waals surface area contributed by atoms with Gasteiger partial charge in [-0.1, -0.05) is 44.9 Å². The molecule has 5 heterocycles. The van der Waals surface area contributed by atoms with Crippen LogP contribution in [0.5, 0.6) is 0 Å². The topological polar surface area (TPSA) is 130 Å². The van der Waals surface area contributed by atoms with Gasteiger partial charge in [-0.15, -0.1) is 5.10 Å². The van der Waals surface area contributed by atoms with E-state index in [1.54, 1.807) is 7.11 Å². The minimum atomic E-state index is -1.22. The van der Waals surface area contributed by atoms with Gasteiger partial charge in [0.25, 0.3) is 5.91 Å². The number of nitrogens with one attached hydrogen (secondary N) is 2. The van der Waals surface area contributed by atoms with Gasteiger partial charge in [0.05, 0.1) is 36.1 Å². The van der Waals surface area contributed by atoms with E-state index in [4.69, 9.17) is 10.5 Å². The lowest BCUT2D eigenvalue weighted by molar-refractivity contribution is -0.137. The van der Waals surface area contributed by atoms with E-state index in [1.165, 1.54) is 19.3 Å². The van der Waals surface area contributed by atoms with Crippen LogP contribution in [0.1, 0.15) is 87.4 Å². The van der Waals surface area contributed by atoms with Crippen LogP contribution in [0, 0.1) is 11.7 Å². The van der Waals surface area contributed by atoms with Crippen LogP contribution in [0.25, 0.3) is 5.65 Å². The number of amides is 2. The van der Waals surface area contributed by atoms with Crippen LogP contribution in [-0.4, -0.2) is 106 Å². The summed E-state index contributed by atoms with van der Waals surface area (Å²) in [5, 5.41) is 10.7. The number of rotatable bonds is 5. The summed E-state index contributed by atoms with van der Waals surface area (Å²) < 4.78 is 37.7. The number of likely N-dealkylation sites (tertiary alicyclic amines) is 2. The van der Waals surface area contributed by atoms with E-state index in [2.05, 4.69) is 25.6 Å². The number of methoxy groups -OCH3 is 1. The minimum Gasteiger partial charge on any atom is -0.381 e. The number of carbonyl (C=O) groups is 2. The lowest BCUT2D eigenvalue weighted by atomic mass is 9.73. The summed E-state index contributed by atoms with van der Waals surface area (Å²) in [7, 11) is 1.69. The van der Waals surface area contributed by atoms with Crippen LogP contribution in [-0.2, 0) is 9.53 Å². The number of nitrogens with two attached hydrogens (primary N) is 1. The van der Waals surface area contributed by atoms with Crippen molar-refractivity contribution < 1.29 is 23.1 Å². The van der Waals surface area contributed by atoms with Gasteiger partial charge in [0, 0.05) is 32.7 Å². The molecule has 0 bridgehead atoms. The Bertz CT molecular complexity index is 1340. The molecule has 6 rings (SSSR count). The van der Waals surface area contributed by atoms with Crippen molar-refractivity contribution in [2.24, 2.45) is 5.92 Å². The molecule has 1 spiro atoms. The van der Waals surface area contributed by atoms with Gasteiger partial charge >= 0.3 is 0 Å². The molecule has 1 saturated carbocycles. The zero-order valence-electron chi connectivity index (χ0n) is 26.4. The highest BCUT2D eigenvalue weighted by Gasteiger charge is 2.52. The fourth-order valence-electron chi connectivity index (χ4n) is 8.19. The molecule has 248 valence electrons. The molecule has 45 heavy (non-hydrogen) atoms. The number of halogens is 2. The molecule has 2 aromatic heterocycles. The van der Waals surface area contributed by atoms with Crippen molar-refractivity contribution in [1.82, 2.24) is 35.0 Å². The maximum Gasteiger partial charge on any atom is 0.259 e. The molecule has 2 aromatic rings. The van der Waals surface area contributed by atoms with Crippen LogP contribution >= 0.6 is 0 Å². The van der Waals surface area contributed by atoms with E-state index < -0.39 is 35.5 Å². The molecular formula is C32H48F2N8O3. The quantitative estimate of drug-likeness (QED) is 0.460. The lowest BCUT2D eigenvalue weighted by Gasteiger charge is -2.53. The van der Waals surface area contributed by atoms with Crippen molar-refractivity contribution in [3.05, 3.63) is 23.8 Å². The number of hydrogen-bond donors (Lipinski definition) is 3. The van der Waals surface area contributed by atoms with Crippen LogP contribution in [0.3, 0.4) is 0 Å². The van der Waals surface area contributed by atoms with Crippen LogP contribution < -0.4 is 16.4 Å². The number of carbonyl (C=O) groups excluding carboxylic acids is 2. The predicted molar refractivity (Wildman–Crippen MR) is 166 cm³/mol. The van der Waals surface area contributed by atoms with Crippen LogP contribution in [0.2, 0.25) is 0 Å². The first kappa shape index (κ1) is 32.1. The van der Waals surface area contributed by atoms with E-state index in [9.17, 15) is 14.0 Å². The van der Waals surface area contributed by atoms with Gasteiger partial charge in [-0.3, -0.25) is 14.5 Å². The zero-order valence-corrected chi connectivity index (χ0v) is 26.4. The summed E-state index contributed by atoms with van der Waals surface area (Å²) in [6.07, 6.45) is 12.4. The van der Waals surface area contributed by atoms with E-state index in [0.29, 0.717) is 45.6 Å². The first-order valence-corrected chi connectivity index (χ1v) is 16.8. The molecule has 4 aliphatic rings. The van der Waals surface area contributed by atoms with Gasteiger partial charge in [-0.25, -0.2) is 18.3 Å². The summed E-state index contributed by atoms with van der Waals surface area (Å²) in [4.78, 5) is 35.2. The Hall–Kier alpha value is -2.90. The second-order valence-electron chi connectivity index (χ2n) is 13.5. The minimum absolute atomic E-state index is 0.0485. The number of hydrogen-bond acceptors (Lipinski definition) is 8. The Balaban J connectivity index is 1.22. The maximum atomic E-state index is 17.3. The van der Waals surface area contributed by atoms with Gasteiger partial charge in [0.1, 0.15) is 11.7 Å². The maximum absolute atomic E-state index is 17.3. The molecule has 0 radical (unpaired) electrons. The highest BCUT2D eigenvalue weighted by molar-refractivity contribution is 6.04. The van der Waals surface area contributed by atoms with Gasteiger partial charge in [0.2, 0.25) is 5.91 Å². The second kappa shape index (κ2) is 13.8. The Morgan fingerprint density at radius 2 is 1.76 bits per heavy atom. The fraction of sp³-hybridized carbons (Fsp3) is 0.750. The third-order valence-corrected chi connectivity index (χ3v) is 10.8. The van der Waals surface area contributed by atoms with Gasteiger partial charge < -0.3 is 26.0 Å². The predicted octanol–water partition coefficient (Wildman–Crippen LogP) is 3.08. The number of fused-ring (bicyclic) bond motifs is 1. The Morgan fingerprint density at radius 1 is 1.07 bits per heavy atom. The third kappa shape index (κ3) is 6.66. The highest BCUT2D eigenvalue weighted by Crippen LogP contribution is 2.38. The van der Waals surface area contributed by atoms with E-state index in [-0.39, 0.29) is 35.0 Å². The number of nitrogen functional groups attached to an aromatic ring is 1. The van der Waals surface area contributed by atoms with Crippen molar-refractivity contribution in [2.45, 2.75) is 107 Å². The van der Waals surface area contributed by atoms with Crippen molar-refractivity contribution in [3.63, 3.8) is 0 Å². The zero-order chi connectivity index (χ0) is 31.6. The van der Waals surface area contributed by atoms with Crippen molar-refractivity contribution in [3.8, 4) is 0 Å². The molecule has 11 nitrogen and oxygen atoms in total. The van der Waals surface area contributed by atoms with Gasteiger partial charge in [0.15, 0.2) is 17.3 Å². The molecule has 1 aliphatic carbocycles. The standard InChI is InChI=1S/C32H48F2N8O3/c1-45-23-11-16-41(20-23)31(44)21-9-14-40(15-10-21)26-24(18-37-32(27(26)34)12-7-5-3-2-4-6-8-13-32)38-30(43)25-28(35)39-42-19-22(33)17-36-29(25)42/h17,19,21,23-24,26-27,37H,2-16,18,20H2,1H3,(H2,35,39)(H,38,43)/t23-,24?,26?,27?/m0/s1. The fourth-order valence-corrected chi connectivity index (χ4v) is 8.19. The second-order valence-corrected chi connectivity index (χ2v) is 13.5. The highest BCUT2D eigenvalue weighted by atomic mass is 19.1. The molecular weight excluding hydrogens is 582 g/mol. The molecule has 3 aliphatic heterocycles. The Labute approximate surface area is 263 Å². The van der Waals surface area contributed by atoms with Crippen molar-refractivity contribution >= 4 is 23.3 Å². The normalized spacial score (nSPS) is 28.8. The van der Waals surface area contributed by atoms with E-state index >= 15 is 4.39 Å². The Morgan fingerprint density at radius 3 is 2.42 bits per heavy atom. The molecule has 13 heteroatoms. The van der Waals surface area contributed by atoms with E-state index in [1.807, 2.05) is 4.90 Å². The van der Waals surface area contributed by atoms with Gasteiger partial charge in [-0.05, 0) is 45.2 Å². The summed E-state index contributed by atoms with van der Waals surface area (Å²) >= 11 is 0. The SMILES string of the molecule is CO[C@H]1CCN(C(=O)C2CCN(C3C(NC(=O)c4c(N)nn5cc(F)cnc45)CNC4(CCCCCCCCC4)C3F)CC2)C1. The molecule has 3 unspecified atom stereocenters. The van der Waals surface area contributed by atoms with E-state index in [0.717, 1.165) is 61.9 Å². The van der Waals surface area contributed by atoms with Crippen molar-refractivity contribution in [2.75, 3.05) is 45.6 Å². The summed E-state index contributed by atoms with van der Waals surface area (Å²) in [5.74, 6) is -1.12. The molecule has 4 fully saturated rings. The lowest BCUT2D eigenvalue weighted by Crippen LogP contribution is -2.73. The largest absolute Gasteiger partial charge is 0.381 e. The number of ether oxygens (including phenoxy) is 1. The van der Waals surface area contributed by atoms with Gasteiger partial charge in [-0.2, -0.15) is 0 Å². The summed E-state index contributed by atoms with van der Waals surface area (Å²) in [6, 6.07) is -1.14. The third-order valence-electron chi connectivity index (χ3n) is 10.8. The molecule has 4 N–H and O–H groups in total. The number of alkyl halides is 1. The average Bonchev–Trinajstić information content (AvgIpc) is 3.65. The van der Waals surface area contributed by atoms with Crippen molar-refractivity contribution in [1.29, 1.82) is 0 Å².